The number of hydrogen-bond acceptors (Lipinski definition) is 8. The molecule has 0 amide bonds. The summed E-state index contributed by atoms with van der Waals surface area (Å²) in [6.07, 6.45) is 8.27. The highest BCUT2D eigenvalue weighted by Crippen LogP contribution is 2.42. The van der Waals surface area contributed by atoms with Gasteiger partial charge >= 0.3 is 6.01 Å². The maximum absolute atomic E-state index is 16.8. The van der Waals surface area contributed by atoms with Crippen LogP contribution in [0.15, 0.2) is 30.3 Å². The Morgan fingerprint density at radius 1 is 1.12 bits per heavy atom. The van der Waals surface area contributed by atoms with E-state index in [-0.39, 0.29) is 70.3 Å². The standard InChI is InChI=1S/C34H33F4N5O2.CH2O2/c1-4-23-26(36)8-5-18-11-22(44)12-24(28(18)23)29-27(37)13-25-31(30(29)38)40-33(45-17-34(2)19(14-35)9-10-42(34)3)41-32(25)43-15-20-6-7-21(16-43)39-20;2-1-3/h1,5,8,11-13,19-21,39,44H,6-7,9-10,14-17H2,2-3H3;1H,(H,2,3)/t19-,20-,21+,34+;/m1./s1. The van der Waals surface area contributed by atoms with Crippen molar-refractivity contribution in [1.82, 2.24) is 20.2 Å². The van der Waals surface area contributed by atoms with Gasteiger partial charge in [0.15, 0.2) is 5.82 Å². The minimum absolute atomic E-state index is 0.0630. The molecule has 4 atom stereocenters. The zero-order valence-corrected chi connectivity index (χ0v) is 26.4. The van der Waals surface area contributed by atoms with Crippen LogP contribution in [0.4, 0.5) is 23.4 Å². The second-order valence-corrected chi connectivity index (χ2v) is 12.8. The van der Waals surface area contributed by atoms with Gasteiger partial charge in [-0.2, -0.15) is 9.97 Å². The molecule has 4 heterocycles. The van der Waals surface area contributed by atoms with Crippen LogP contribution in [-0.4, -0.2) is 89.1 Å². The van der Waals surface area contributed by atoms with Gasteiger partial charge in [0.1, 0.15) is 35.3 Å². The molecule has 0 radical (unpaired) electrons. The van der Waals surface area contributed by atoms with Crippen molar-refractivity contribution in [2.45, 2.75) is 43.8 Å². The number of aromatic hydroxyl groups is 1. The number of carbonyl (C=O) groups is 1. The molecule has 9 nitrogen and oxygen atoms in total. The first-order chi connectivity index (χ1) is 23.0. The summed E-state index contributed by atoms with van der Waals surface area (Å²) in [6.45, 7) is 3.10. The van der Waals surface area contributed by atoms with Gasteiger partial charge in [0.2, 0.25) is 0 Å². The van der Waals surface area contributed by atoms with Crippen LogP contribution in [-0.2, 0) is 4.79 Å². The molecule has 3 aromatic carbocycles. The van der Waals surface area contributed by atoms with Crippen molar-refractivity contribution in [3.63, 3.8) is 0 Å². The molecule has 4 aromatic rings. The number of rotatable bonds is 6. The Bertz CT molecular complexity index is 1930. The Morgan fingerprint density at radius 3 is 2.50 bits per heavy atom. The summed E-state index contributed by atoms with van der Waals surface area (Å²) in [7, 11) is 1.91. The van der Waals surface area contributed by atoms with Crippen LogP contribution >= 0.6 is 0 Å². The van der Waals surface area contributed by atoms with Crippen molar-refractivity contribution >= 4 is 34.0 Å². The summed E-state index contributed by atoms with van der Waals surface area (Å²) >= 11 is 0. The van der Waals surface area contributed by atoms with Crippen molar-refractivity contribution in [2.24, 2.45) is 5.92 Å². The van der Waals surface area contributed by atoms with E-state index < -0.39 is 35.2 Å². The number of nitrogens with zero attached hydrogens (tertiary/aromatic N) is 4. The number of phenolic OH excluding ortho intramolecular Hbond substituents is 1. The molecule has 0 aliphatic carbocycles. The third kappa shape index (κ3) is 5.73. The van der Waals surface area contributed by atoms with E-state index in [4.69, 9.17) is 21.1 Å². The zero-order valence-electron chi connectivity index (χ0n) is 26.4. The third-order valence-electron chi connectivity index (χ3n) is 10.1. The van der Waals surface area contributed by atoms with Gasteiger partial charge in [-0.05, 0) is 69.4 Å². The van der Waals surface area contributed by atoms with E-state index in [1.165, 1.54) is 18.2 Å². The lowest BCUT2D eigenvalue weighted by Crippen LogP contribution is -2.51. The average molecular weight is 666 g/mol. The SMILES string of the molecule is C#Cc1c(F)ccc2cc(O)cc(-c3c(F)cc4c(N5C[C@H]6CC[C@@H](C5)N6)nc(OC[C@@]5(C)[C@@H](CF)CCN5C)nc4c3F)c12.O=CO. The van der Waals surface area contributed by atoms with Crippen LogP contribution in [0.5, 0.6) is 11.8 Å². The lowest BCUT2D eigenvalue weighted by Gasteiger charge is -2.36. The van der Waals surface area contributed by atoms with E-state index in [9.17, 15) is 13.9 Å². The summed E-state index contributed by atoms with van der Waals surface area (Å²) in [5.41, 5.74) is -1.63. The summed E-state index contributed by atoms with van der Waals surface area (Å²) in [5.74, 6) is -0.608. The van der Waals surface area contributed by atoms with Gasteiger partial charge in [0.05, 0.1) is 23.3 Å². The number of ether oxygens (including phenoxy) is 1. The fraction of sp³-hybridized carbons (Fsp3) is 0.400. The number of hydrogen-bond donors (Lipinski definition) is 3. The Balaban J connectivity index is 0.00000129. The second kappa shape index (κ2) is 13.1. The molecule has 13 heteroatoms. The highest BCUT2D eigenvalue weighted by atomic mass is 19.1. The number of piperazine rings is 1. The number of aromatic nitrogens is 2. The van der Waals surface area contributed by atoms with Gasteiger partial charge in [-0.1, -0.05) is 12.0 Å². The summed E-state index contributed by atoms with van der Waals surface area (Å²) < 4.78 is 67.8. The van der Waals surface area contributed by atoms with Crippen molar-refractivity contribution in [2.75, 3.05) is 44.9 Å². The number of nitrogens with one attached hydrogen (secondary N) is 1. The molecule has 0 saturated carbocycles. The van der Waals surface area contributed by atoms with Gasteiger partial charge in [-0.15, -0.1) is 6.42 Å². The van der Waals surface area contributed by atoms with Crippen molar-refractivity contribution in [3.8, 4) is 35.2 Å². The number of benzene rings is 3. The van der Waals surface area contributed by atoms with E-state index in [1.54, 1.807) is 0 Å². The van der Waals surface area contributed by atoms with Crippen LogP contribution < -0.4 is 15.0 Å². The molecule has 2 bridgehead atoms. The lowest BCUT2D eigenvalue weighted by atomic mass is 9.88. The van der Waals surface area contributed by atoms with Crippen LogP contribution in [0.1, 0.15) is 31.7 Å². The van der Waals surface area contributed by atoms with Gasteiger partial charge in [-0.25, -0.2) is 13.2 Å². The molecule has 3 aliphatic heterocycles. The van der Waals surface area contributed by atoms with Crippen LogP contribution in [0.2, 0.25) is 0 Å². The first-order valence-electron chi connectivity index (χ1n) is 15.6. The number of fused-ring (bicyclic) bond motifs is 4. The highest BCUT2D eigenvalue weighted by molar-refractivity contribution is 6.04. The van der Waals surface area contributed by atoms with Crippen molar-refractivity contribution in [1.29, 1.82) is 0 Å². The maximum atomic E-state index is 16.8. The Kier molecular flexibility index (Phi) is 9.06. The topological polar surface area (TPSA) is 111 Å². The third-order valence-corrected chi connectivity index (χ3v) is 10.1. The quantitative estimate of drug-likeness (QED) is 0.145. The lowest BCUT2D eigenvalue weighted by molar-refractivity contribution is -0.122. The Hall–Kier alpha value is -4.67. The first kappa shape index (κ1) is 33.2. The van der Waals surface area contributed by atoms with Gasteiger partial charge < -0.3 is 25.2 Å². The molecule has 0 spiro atoms. The number of carboxylic acid groups (broad SMARTS) is 1. The molecule has 7 rings (SSSR count). The number of likely N-dealkylation sites (N-methyl/N-ethyl adjacent to an activating group) is 1. The normalized spacial score (nSPS) is 23.6. The summed E-state index contributed by atoms with van der Waals surface area (Å²) in [4.78, 5) is 21.5. The number of halogens is 4. The monoisotopic (exact) mass is 665 g/mol. The van der Waals surface area contributed by atoms with Crippen molar-refractivity contribution < 1.29 is 37.3 Å². The minimum Gasteiger partial charge on any atom is -0.508 e. The average Bonchev–Trinajstić information content (AvgIpc) is 3.55. The van der Waals surface area contributed by atoms with E-state index in [2.05, 4.69) is 21.2 Å². The molecule has 0 unspecified atom stereocenters. The molecular weight excluding hydrogens is 630 g/mol. The Morgan fingerprint density at radius 2 is 1.83 bits per heavy atom. The van der Waals surface area contributed by atoms with Gasteiger partial charge in [-0.3, -0.25) is 14.1 Å². The fourth-order valence-corrected chi connectivity index (χ4v) is 7.36. The molecule has 1 aromatic heterocycles. The summed E-state index contributed by atoms with van der Waals surface area (Å²) in [5, 5.41) is 21.5. The minimum atomic E-state index is -1.03. The van der Waals surface area contributed by atoms with E-state index in [0.717, 1.165) is 25.0 Å². The van der Waals surface area contributed by atoms with Gasteiger partial charge in [0.25, 0.3) is 6.47 Å². The van der Waals surface area contributed by atoms with Gasteiger partial charge in [0, 0.05) is 47.4 Å². The molecule has 252 valence electrons. The van der Waals surface area contributed by atoms with E-state index in [0.29, 0.717) is 37.3 Å². The largest absolute Gasteiger partial charge is 0.508 e. The number of phenols is 1. The van der Waals surface area contributed by atoms with Crippen molar-refractivity contribution in [3.05, 3.63) is 53.3 Å². The number of likely N-dealkylation sites (tertiary alicyclic amines) is 1. The zero-order chi connectivity index (χ0) is 34.3. The molecule has 3 aliphatic rings. The summed E-state index contributed by atoms with van der Waals surface area (Å²) in [6, 6.07) is 6.53. The fourth-order valence-electron chi connectivity index (χ4n) is 7.36. The van der Waals surface area contributed by atoms with E-state index in [1.807, 2.05) is 23.8 Å². The smallest absolute Gasteiger partial charge is 0.319 e. The van der Waals surface area contributed by atoms with Crippen LogP contribution in [0.25, 0.3) is 32.8 Å². The Labute approximate surface area is 274 Å². The molecular formula is C35H35F4N5O4. The highest BCUT2D eigenvalue weighted by Gasteiger charge is 2.44. The first-order valence-corrected chi connectivity index (χ1v) is 15.6. The van der Waals surface area contributed by atoms with Crippen LogP contribution in [0.3, 0.4) is 0 Å². The maximum Gasteiger partial charge on any atom is 0.319 e. The van der Waals surface area contributed by atoms with Crippen LogP contribution in [0, 0.1) is 35.7 Å². The number of anilines is 1. The second-order valence-electron chi connectivity index (χ2n) is 12.8. The van der Waals surface area contributed by atoms with E-state index >= 15 is 8.78 Å². The number of alkyl halides is 1. The molecule has 3 saturated heterocycles. The predicted octanol–water partition coefficient (Wildman–Crippen LogP) is 5.25. The number of terminal acetylenes is 1. The molecule has 3 N–H and O–H groups in total. The molecule has 48 heavy (non-hydrogen) atoms. The molecule has 3 fully saturated rings. The predicted molar refractivity (Wildman–Crippen MR) is 173 cm³/mol.